The third-order valence-electron chi connectivity index (χ3n) is 1.55. The molecule has 0 saturated heterocycles. The Morgan fingerprint density at radius 3 is 2.85 bits per heavy atom. The van der Waals surface area contributed by atoms with Crippen molar-refractivity contribution in [2.45, 2.75) is 6.54 Å². The maximum Gasteiger partial charge on any atom is 0.354 e. The van der Waals surface area contributed by atoms with Gasteiger partial charge in [-0.25, -0.2) is 4.79 Å². The van der Waals surface area contributed by atoms with Crippen LogP contribution in [0, 0.1) is 0 Å². The lowest BCUT2D eigenvalue weighted by Gasteiger charge is -2.03. The third-order valence-corrected chi connectivity index (χ3v) is 1.55. The van der Waals surface area contributed by atoms with Crippen LogP contribution in [0.5, 0.6) is 0 Å². The van der Waals surface area contributed by atoms with Crippen LogP contribution in [-0.4, -0.2) is 23.6 Å². The molecular weight excluding hydrogens is 172 g/mol. The highest BCUT2D eigenvalue weighted by Crippen LogP contribution is 2.03. The number of primary amides is 1. The minimum atomic E-state index is -0.499. The summed E-state index contributed by atoms with van der Waals surface area (Å²) in [5.41, 5.74) is 5.30. The maximum atomic E-state index is 11.1. The predicted molar refractivity (Wildman–Crippen MR) is 45.0 cm³/mol. The smallest absolute Gasteiger partial charge is 0.354 e. The summed E-state index contributed by atoms with van der Waals surface area (Å²) >= 11 is 0. The summed E-state index contributed by atoms with van der Waals surface area (Å²) in [4.78, 5) is 21.7. The van der Waals surface area contributed by atoms with Crippen molar-refractivity contribution in [2.75, 3.05) is 7.11 Å². The van der Waals surface area contributed by atoms with Crippen LogP contribution in [-0.2, 0) is 16.1 Å². The molecule has 0 radical (unpaired) electrons. The molecule has 0 aliphatic heterocycles. The zero-order valence-corrected chi connectivity index (χ0v) is 7.19. The fraction of sp³-hybridized carbons (Fsp3) is 0.250. The molecule has 1 aromatic rings. The zero-order chi connectivity index (χ0) is 9.84. The van der Waals surface area contributed by atoms with Crippen molar-refractivity contribution in [3.63, 3.8) is 0 Å². The van der Waals surface area contributed by atoms with Gasteiger partial charge in [-0.05, 0) is 12.1 Å². The van der Waals surface area contributed by atoms with Crippen molar-refractivity contribution in [2.24, 2.45) is 5.73 Å². The molecule has 0 atom stereocenters. The standard InChI is InChI=1S/C8H10N2O3/c1-13-8(12)6-3-2-4-10(6)5-7(9)11/h2-4H,5H2,1H3,(H2,9,11). The highest BCUT2D eigenvalue weighted by atomic mass is 16.5. The Balaban J connectivity index is 2.89. The fourth-order valence-corrected chi connectivity index (χ4v) is 1.01. The van der Waals surface area contributed by atoms with E-state index in [9.17, 15) is 9.59 Å². The van der Waals surface area contributed by atoms with Gasteiger partial charge in [0.15, 0.2) is 0 Å². The Morgan fingerprint density at radius 1 is 1.62 bits per heavy atom. The first-order valence-electron chi connectivity index (χ1n) is 3.67. The van der Waals surface area contributed by atoms with E-state index in [1.54, 1.807) is 18.3 Å². The molecule has 0 spiro atoms. The number of carbonyl (C=O) groups excluding carboxylic acids is 2. The van der Waals surface area contributed by atoms with E-state index in [0.29, 0.717) is 5.69 Å². The van der Waals surface area contributed by atoms with Crippen molar-refractivity contribution in [1.82, 2.24) is 4.57 Å². The maximum absolute atomic E-state index is 11.1. The van der Waals surface area contributed by atoms with Crippen LogP contribution in [0.15, 0.2) is 18.3 Å². The molecule has 70 valence electrons. The fourth-order valence-electron chi connectivity index (χ4n) is 1.01. The zero-order valence-electron chi connectivity index (χ0n) is 7.19. The minimum Gasteiger partial charge on any atom is -0.464 e. The number of carbonyl (C=O) groups is 2. The van der Waals surface area contributed by atoms with Gasteiger partial charge in [-0.2, -0.15) is 0 Å². The molecule has 1 heterocycles. The van der Waals surface area contributed by atoms with E-state index in [0.717, 1.165) is 0 Å². The van der Waals surface area contributed by atoms with Crippen molar-refractivity contribution in [3.05, 3.63) is 24.0 Å². The number of hydrogen-bond acceptors (Lipinski definition) is 3. The van der Waals surface area contributed by atoms with E-state index in [1.165, 1.54) is 11.7 Å². The van der Waals surface area contributed by atoms with Crippen LogP contribution in [0.4, 0.5) is 0 Å². The summed E-state index contributed by atoms with van der Waals surface area (Å²) in [6.07, 6.45) is 1.59. The number of nitrogens with zero attached hydrogens (tertiary/aromatic N) is 1. The molecule has 0 aliphatic rings. The third kappa shape index (κ3) is 2.08. The molecule has 5 heteroatoms. The predicted octanol–water partition coefficient (Wildman–Crippen LogP) is -0.240. The summed E-state index contributed by atoms with van der Waals surface area (Å²) in [5, 5.41) is 0. The summed E-state index contributed by atoms with van der Waals surface area (Å²) < 4.78 is 5.94. The Kier molecular flexibility index (Phi) is 2.69. The van der Waals surface area contributed by atoms with Crippen molar-refractivity contribution in [3.8, 4) is 0 Å². The lowest BCUT2D eigenvalue weighted by molar-refractivity contribution is -0.118. The van der Waals surface area contributed by atoms with Gasteiger partial charge < -0.3 is 15.0 Å². The highest BCUT2D eigenvalue weighted by molar-refractivity contribution is 5.88. The summed E-state index contributed by atoms with van der Waals surface area (Å²) in [5.74, 6) is -0.979. The number of aromatic nitrogens is 1. The number of methoxy groups -OCH3 is 1. The van der Waals surface area contributed by atoms with Crippen molar-refractivity contribution in [1.29, 1.82) is 0 Å². The monoisotopic (exact) mass is 182 g/mol. The average molecular weight is 182 g/mol. The van der Waals surface area contributed by atoms with Gasteiger partial charge in [-0.3, -0.25) is 4.79 Å². The number of amides is 1. The number of rotatable bonds is 3. The largest absolute Gasteiger partial charge is 0.464 e. The second-order valence-corrected chi connectivity index (χ2v) is 2.48. The van der Waals surface area contributed by atoms with Crippen LogP contribution >= 0.6 is 0 Å². The second-order valence-electron chi connectivity index (χ2n) is 2.48. The first-order valence-corrected chi connectivity index (χ1v) is 3.67. The van der Waals surface area contributed by atoms with Gasteiger partial charge in [-0.15, -0.1) is 0 Å². The van der Waals surface area contributed by atoms with Gasteiger partial charge in [0.1, 0.15) is 12.2 Å². The molecule has 5 nitrogen and oxygen atoms in total. The second kappa shape index (κ2) is 3.75. The molecular formula is C8H10N2O3. The molecule has 1 aromatic heterocycles. The highest BCUT2D eigenvalue weighted by Gasteiger charge is 2.11. The molecule has 1 rings (SSSR count). The molecule has 0 fully saturated rings. The number of ether oxygens (including phenoxy) is 1. The SMILES string of the molecule is COC(=O)c1cccn1CC(N)=O. The Labute approximate surface area is 75.1 Å². The quantitative estimate of drug-likeness (QED) is 0.655. The Morgan fingerprint density at radius 2 is 2.31 bits per heavy atom. The van der Waals surface area contributed by atoms with Gasteiger partial charge in [-0.1, -0.05) is 0 Å². The first kappa shape index (κ1) is 9.31. The van der Waals surface area contributed by atoms with Crippen LogP contribution in [0.25, 0.3) is 0 Å². The summed E-state index contributed by atoms with van der Waals surface area (Å²) in [7, 11) is 1.28. The molecule has 1 amide bonds. The molecule has 13 heavy (non-hydrogen) atoms. The molecule has 0 aromatic carbocycles. The number of nitrogens with two attached hydrogens (primary N) is 1. The Bertz CT molecular complexity index is 330. The van der Waals surface area contributed by atoms with Gasteiger partial charge >= 0.3 is 5.97 Å². The van der Waals surface area contributed by atoms with E-state index in [1.807, 2.05) is 0 Å². The van der Waals surface area contributed by atoms with E-state index in [4.69, 9.17) is 5.73 Å². The van der Waals surface area contributed by atoms with E-state index in [-0.39, 0.29) is 6.54 Å². The van der Waals surface area contributed by atoms with Crippen LogP contribution in [0.2, 0.25) is 0 Å². The van der Waals surface area contributed by atoms with Crippen molar-refractivity contribution >= 4 is 11.9 Å². The first-order chi connectivity index (χ1) is 6.15. The van der Waals surface area contributed by atoms with E-state index in [2.05, 4.69) is 4.74 Å². The summed E-state index contributed by atoms with van der Waals surface area (Å²) in [6, 6.07) is 3.21. The molecule has 0 unspecified atom stereocenters. The lowest BCUT2D eigenvalue weighted by atomic mass is 10.4. The van der Waals surface area contributed by atoms with Gasteiger partial charge in [0.05, 0.1) is 7.11 Å². The Hall–Kier alpha value is -1.78. The van der Waals surface area contributed by atoms with Crippen LogP contribution in [0.3, 0.4) is 0 Å². The molecule has 2 N–H and O–H groups in total. The minimum absolute atomic E-state index is 0.0164. The summed E-state index contributed by atoms with van der Waals surface area (Å²) in [6.45, 7) is -0.0164. The average Bonchev–Trinajstić information content (AvgIpc) is 2.50. The number of hydrogen-bond donors (Lipinski definition) is 1. The molecule has 0 aliphatic carbocycles. The van der Waals surface area contributed by atoms with Crippen LogP contribution in [0.1, 0.15) is 10.5 Å². The van der Waals surface area contributed by atoms with E-state index >= 15 is 0 Å². The number of esters is 1. The molecule has 0 bridgehead atoms. The molecule has 0 saturated carbocycles. The van der Waals surface area contributed by atoms with Gasteiger partial charge in [0.2, 0.25) is 5.91 Å². The lowest BCUT2D eigenvalue weighted by Crippen LogP contribution is -2.21. The normalized spacial score (nSPS) is 9.62. The topological polar surface area (TPSA) is 74.3 Å². The van der Waals surface area contributed by atoms with E-state index < -0.39 is 11.9 Å². The van der Waals surface area contributed by atoms with Crippen LogP contribution < -0.4 is 5.73 Å². The van der Waals surface area contributed by atoms with Gasteiger partial charge in [0.25, 0.3) is 0 Å². The van der Waals surface area contributed by atoms with Crippen molar-refractivity contribution < 1.29 is 14.3 Å². The van der Waals surface area contributed by atoms with Gasteiger partial charge in [0, 0.05) is 6.20 Å².